The van der Waals surface area contributed by atoms with Crippen LogP contribution in [-0.2, 0) is 17.0 Å². The maximum absolute atomic E-state index is 14.9. The van der Waals surface area contributed by atoms with Gasteiger partial charge in [-0.05, 0) is 23.8 Å². The quantitative estimate of drug-likeness (QED) is 0.778. The molecule has 4 heteroatoms. The molecule has 96 valence electrons. The molecule has 0 saturated carbocycles. The van der Waals surface area contributed by atoms with Crippen molar-refractivity contribution in [3.63, 3.8) is 0 Å². The van der Waals surface area contributed by atoms with Crippen LogP contribution in [0, 0.1) is 0 Å². The first-order valence-electron chi connectivity index (χ1n) is 5.85. The Morgan fingerprint density at radius 1 is 1.11 bits per heavy atom. The zero-order valence-corrected chi connectivity index (χ0v) is 10.7. The maximum atomic E-state index is 14.9. The highest BCUT2D eigenvalue weighted by Gasteiger charge is 2.45. The fourth-order valence-electron chi connectivity index (χ4n) is 2.24. The third kappa shape index (κ3) is 2.10. The Morgan fingerprint density at radius 3 is 2.53 bits per heavy atom. The summed E-state index contributed by atoms with van der Waals surface area (Å²) in [7, 11) is 0. The molecule has 0 fully saturated rings. The normalized spacial score (nSPS) is 21.1. The molecule has 1 unspecified atom stereocenters. The van der Waals surface area contributed by atoms with Gasteiger partial charge in [0.05, 0.1) is 5.56 Å². The van der Waals surface area contributed by atoms with Gasteiger partial charge in [0.15, 0.2) is 0 Å². The van der Waals surface area contributed by atoms with E-state index in [1.165, 1.54) is 0 Å². The smallest absolute Gasteiger partial charge is 0.341 e. The number of fused-ring (bicyclic) bond motifs is 1. The van der Waals surface area contributed by atoms with Crippen LogP contribution in [0.1, 0.15) is 21.5 Å². The highest BCUT2D eigenvalue weighted by atomic mass is 35.5. The minimum absolute atomic E-state index is 0.0209. The van der Waals surface area contributed by atoms with Gasteiger partial charge in [0.25, 0.3) is 5.85 Å². The molecule has 1 heterocycles. The van der Waals surface area contributed by atoms with Crippen LogP contribution < -0.4 is 0 Å². The van der Waals surface area contributed by atoms with Crippen molar-refractivity contribution in [2.45, 2.75) is 12.3 Å². The fourth-order valence-corrected chi connectivity index (χ4v) is 2.37. The summed E-state index contributed by atoms with van der Waals surface area (Å²) in [6, 6.07) is 13.3. The second kappa shape index (κ2) is 4.35. The minimum atomic E-state index is -2.10. The molecule has 2 nitrogen and oxygen atoms in total. The van der Waals surface area contributed by atoms with Gasteiger partial charge in [0.1, 0.15) is 0 Å². The van der Waals surface area contributed by atoms with E-state index in [1.54, 1.807) is 48.5 Å². The first-order valence-corrected chi connectivity index (χ1v) is 6.22. The fraction of sp³-hybridized carbons (Fsp3) is 0.133. The van der Waals surface area contributed by atoms with Crippen molar-refractivity contribution >= 4 is 17.6 Å². The van der Waals surface area contributed by atoms with E-state index in [0.717, 1.165) is 5.56 Å². The van der Waals surface area contributed by atoms with Gasteiger partial charge in [-0.1, -0.05) is 41.9 Å². The lowest BCUT2D eigenvalue weighted by atomic mass is 9.97. The molecule has 0 bridgehead atoms. The van der Waals surface area contributed by atoms with Crippen LogP contribution in [0.4, 0.5) is 4.39 Å². The number of ether oxygens (including phenoxy) is 1. The molecular weight excluding hydrogens is 267 g/mol. The number of alkyl halides is 1. The Labute approximate surface area is 114 Å². The number of esters is 1. The largest absolute Gasteiger partial charge is 0.420 e. The number of carbonyl (C=O) groups is 1. The molecular formula is C15H10ClFO2. The molecule has 1 aliphatic rings. The highest BCUT2D eigenvalue weighted by molar-refractivity contribution is 6.30. The number of cyclic esters (lactones) is 1. The molecule has 19 heavy (non-hydrogen) atoms. The van der Waals surface area contributed by atoms with E-state index >= 15 is 0 Å². The molecule has 3 rings (SSSR count). The van der Waals surface area contributed by atoms with Crippen LogP contribution >= 0.6 is 11.6 Å². The van der Waals surface area contributed by atoms with E-state index in [2.05, 4.69) is 0 Å². The Hall–Kier alpha value is -1.87. The summed E-state index contributed by atoms with van der Waals surface area (Å²) in [5.74, 6) is -2.71. The van der Waals surface area contributed by atoms with Gasteiger partial charge in [0, 0.05) is 17.0 Å². The van der Waals surface area contributed by atoms with Gasteiger partial charge in [-0.2, -0.15) is 4.39 Å². The molecule has 0 aromatic heterocycles. The van der Waals surface area contributed by atoms with E-state index in [-0.39, 0.29) is 12.0 Å². The molecule has 0 spiro atoms. The van der Waals surface area contributed by atoms with Crippen molar-refractivity contribution in [1.82, 2.24) is 0 Å². The molecule has 1 atom stereocenters. The molecule has 0 radical (unpaired) electrons. The average Bonchev–Trinajstić information content (AvgIpc) is 2.65. The predicted octanol–water partition coefficient (Wildman–Crippen LogP) is 3.88. The summed E-state index contributed by atoms with van der Waals surface area (Å²) in [4.78, 5) is 11.6. The lowest BCUT2D eigenvalue weighted by Gasteiger charge is -2.19. The summed E-state index contributed by atoms with van der Waals surface area (Å²) in [5.41, 5.74) is 1.30. The molecule has 1 aliphatic heterocycles. The van der Waals surface area contributed by atoms with Crippen molar-refractivity contribution in [3.8, 4) is 0 Å². The zero-order valence-electron chi connectivity index (χ0n) is 9.90. The maximum Gasteiger partial charge on any atom is 0.341 e. The second-order valence-electron chi connectivity index (χ2n) is 4.47. The number of carbonyl (C=O) groups excluding carboxylic acids is 1. The Morgan fingerprint density at radius 2 is 1.79 bits per heavy atom. The van der Waals surface area contributed by atoms with Crippen LogP contribution in [0.5, 0.6) is 0 Å². The monoisotopic (exact) mass is 276 g/mol. The summed E-state index contributed by atoms with van der Waals surface area (Å²) in [6.07, 6.45) is -0.0209. The predicted molar refractivity (Wildman–Crippen MR) is 69.8 cm³/mol. The zero-order chi connectivity index (χ0) is 13.5. The highest BCUT2D eigenvalue weighted by Crippen LogP contribution is 2.40. The minimum Gasteiger partial charge on any atom is -0.420 e. The molecule has 2 aromatic carbocycles. The van der Waals surface area contributed by atoms with Crippen molar-refractivity contribution in [2.75, 3.05) is 0 Å². The molecule has 0 amide bonds. The topological polar surface area (TPSA) is 26.3 Å². The average molecular weight is 277 g/mol. The van der Waals surface area contributed by atoms with Gasteiger partial charge in [-0.15, -0.1) is 0 Å². The van der Waals surface area contributed by atoms with Crippen LogP contribution in [0.3, 0.4) is 0 Å². The van der Waals surface area contributed by atoms with Crippen LogP contribution in [0.15, 0.2) is 48.5 Å². The Kier molecular flexibility index (Phi) is 2.79. The summed E-state index contributed by atoms with van der Waals surface area (Å²) >= 11 is 5.79. The van der Waals surface area contributed by atoms with Crippen LogP contribution in [0.2, 0.25) is 5.02 Å². The van der Waals surface area contributed by atoms with Gasteiger partial charge < -0.3 is 4.74 Å². The van der Waals surface area contributed by atoms with Crippen molar-refractivity contribution < 1.29 is 13.9 Å². The standard InChI is InChI=1S/C15H10ClFO2/c16-11-7-5-10(6-8-11)9-15(17)13-4-2-1-3-12(13)14(18)19-15/h1-8H,9H2. The van der Waals surface area contributed by atoms with E-state index in [1.807, 2.05) is 0 Å². The third-order valence-electron chi connectivity index (χ3n) is 3.15. The van der Waals surface area contributed by atoms with E-state index in [9.17, 15) is 9.18 Å². The van der Waals surface area contributed by atoms with Gasteiger partial charge in [-0.3, -0.25) is 0 Å². The number of benzene rings is 2. The van der Waals surface area contributed by atoms with Gasteiger partial charge in [0.2, 0.25) is 0 Å². The second-order valence-corrected chi connectivity index (χ2v) is 4.90. The first-order chi connectivity index (χ1) is 9.08. The van der Waals surface area contributed by atoms with E-state index in [4.69, 9.17) is 16.3 Å². The van der Waals surface area contributed by atoms with Crippen molar-refractivity contribution in [2.24, 2.45) is 0 Å². The lowest BCUT2D eigenvalue weighted by molar-refractivity contribution is -0.0967. The number of hydrogen-bond donors (Lipinski definition) is 0. The number of rotatable bonds is 2. The summed E-state index contributed by atoms with van der Waals surface area (Å²) in [6.45, 7) is 0. The van der Waals surface area contributed by atoms with Crippen molar-refractivity contribution in [1.29, 1.82) is 0 Å². The summed E-state index contributed by atoms with van der Waals surface area (Å²) < 4.78 is 19.8. The Bertz CT molecular complexity index is 639. The first kappa shape index (κ1) is 12.2. The Balaban J connectivity index is 1.97. The number of hydrogen-bond acceptors (Lipinski definition) is 2. The SMILES string of the molecule is O=C1OC(F)(Cc2ccc(Cl)cc2)c2ccccc21. The molecule has 0 saturated heterocycles. The van der Waals surface area contributed by atoms with E-state index in [0.29, 0.717) is 10.6 Å². The van der Waals surface area contributed by atoms with Gasteiger partial charge >= 0.3 is 5.97 Å². The molecule has 2 aromatic rings. The molecule has 0 aliphatic carbocycles. The van der Waals surface area contributed by atoms with Crippen molar-refractivity contribution in [3.05, 3.63) is 70.2 Å². The lowest BCUT2D eigenvalue weighted by Crippen LogP contribution is -2.23. The summed E-state index contributed by atoms with van der Waals surface area (Å²) in [5, 5.41) is 0.584. The number of halogens is 2. The molecule has 0 N–H and O–H groups in total. The van der Waals surface area contributed by atoms with Crippen LogP contribution in [-0.4, -0.2) is 5.97 Å². The van der Waals surface area contributed by atoms with E-state index < -0.39 is 11.8 Å². The van der Waals surface area contributed by atoms with Gasteiger partial charge in [-0.25, -0.2) is 4.79 Å². The third-order valence-corrected chi connectivity index (χ3v) is 3.40. The van der Waals surface area contributed by atoms with Crippen LogP contribution in [0.25, 0.3) is 0 Å².